The average Bonchev–Trinajstić information content (AvgIpc) is 2.88. The van der Waals surface area contributed by atoms with E-state index in [4.69, 9.17) is 4.74 Å². The third-order valence-corrected chi connectivity index (χ3v) is 8.63. The third kappa shape index (κ3) is 4.40. The number of likely N-dealkylation sites (tertiary alicyclic amines) is 1. The number of anilines is 1. The normalized spacial score (nSPS) is 25.0. The summed E-state index contributed by atoms with van der Waals surface area (Å²) in [5.41, 5.74) is 3.92. The highest BCUT2D eigenvalue weighted by Crippen LogP contribution is 2.45. The van der Waals surface area contributed by atoms with Gasteiger partial charge in [-0.15, -0.1) is 0 Å². The van der Waals surface area contributed by atoms with Gasteiger partial charge in [0, 0.05) is 55.9 Å². The Morgan fingerprint density at radius 1 is 1.11 bits per heavy atom. The number of aryl methyl sites for hydroxylation is 2. The van der Waals surface area contributed by atoms with Crippen molar-refractivity contribution in [1.82, 2.24) is 9.47 Å². The molecule has 3 heterocycles. The SMILES string of the molecule is Cc1cc2c(cc1C(=O)N1CCC[C@H](C(=O)O)C1)c(NC1CCOCC1)c(C1CCC1C)c(=O)n2C. The Morgan fingerprint density at radius 3 is 2.50 bits per heavy atom. The molecule has 2 aliphatic heterocycles. The Kier molecular flexibility index (Phi) is 6.81. The molecular formula is C28H37N3O5. The summed E-state index contributed by atoms with van der Waals surface area (Å²) in [6.45, 7) is 6.28. The van der Waals surface area contributed by atoms with Crippen LogP contribution in [-0.4, -0.2) is 58.8 Å². The Balaban J connectivity index is 1.63. The number of nitrogens with zero attached hydrogens (tertiary/aromatic N) is 2. The van der Waals surface area contributed by atoms with Gasteiger partial charge in [0.15, 0.2) is 0 Å². The molecule has 1 aliphatic carbocycles. The zero-order valence-corrected chi connectivity index (χ0v) is 21.5. The molecule has 8 heteroatoms. The van der Waals surface area contributed by atoms with Gasteiger partial charge in [0.05, 0.1) is 17.1 Å². The molecule has 8 nitrogen and oxygen atoms in total. The van der Waals surface area contributed by atoms with Crippen LogP contribution in [0.3, 0.4) is 0 Å². The summed E-state index contributed by atoms with van der Waals surface area (Å²) in [7, 11) is 1.82. The van der Waals surface area contributed by atoms with Crippen LogP contribution in [0.1, 0.15) is 72.9 Å². The minimum Gasteiger partial charge on any atom is -0.481 e. The first kappa shape index (κ1) is 24.8. The Hall–Kier alpha value is -2.87. The number of hydrogen-bond donors (Lipinski definition) is 2. The van der Waals surface area contributed by atoms with Crippen LogP contribution in [0.2, 0.25) is 0 Å². The number of aromatic nitrogens is 1. The number of hydrogen-bond acceptors (Lipinski definition) is 5. The second-order valence-electron chi connectivity index (χ2n) is 11.0. The maximum absolute atomic E-state index is 13.7. The van der Waals surface area contributed by atoms with Crippen LogP contribution < -0.4 is 10.9 Å². The van der Waals surface area contributed by atoms with E-state index in [1.165, 1.54) is 0 Å². The number of carboxylic acid groups (broad SMARTS) is 1. The Labute approximate surface area is 211 Å². The minimum atomic E-state index is -0.847. The largest absolute Gasteiger partial charge is 0.481 e. The van der Waals surface area contributed by atoms with Crippen LogP contribution in [0.4, 0.5) is 5.69 Å². The topological polar surface area (TPSA) is 101 Å². The highest BCUT2D eigenvalue weighted by atomic mass is 16.5. The fourth-order valence-electron chi connectivity index (χ4n) is 6.12. The molecule has 2 saturated heterocycles. The highest BCUT2D eigenvalue weighted by molar-refractivity contribution is 6.03. The van der Waals surface area contributed by atoms with E-state index in [1.807, 2.05) is 26.1 Å². The minimum absolute atomic E-state index is 0.0346. The van der Waals surface area contributed by atoms with Gasteiger partial charge in [0.1, 0.15) is 0 Å². The third-order valence-electron chi connectivity index (χ3n) is 8.63. The molecular weight excluding hydrogens is 458 g/mol. The summed E-state index contributed by atoms with van der Waals surface area (Å²) in [5.74, 6) is -0.862. The standard InChI is InChI=1S/C28H37N3O5/c1-16-6-7-20(16)24-25(29-19-8-11-36-12-9-19)22-14-21(17(2)13-23(22)30(3)27(24)33)26(32)31-10-4-5-18(15-31)28(34)35/h13-14,16,18-20,29H,4-12,15H2,1-3H3,(H,34,35)/t16?,18-,20?/m0/s1. The van der Waals surface area contributed by atoms with Crippen LogP contribution in [-0.2, 0) is 16.6 Å². The van der Waals surface area contributed by atoms with Gasteiger partial charge in [0.25, 0.3) is 11.5 Å². The lowest BCUT2D eigenvalue weighted by atomic mass is 9.70. The number of ether oxygens (including phenoxy) is 1. The Morgan fingerprint density at radius 2 is 1.86 bits per heavy atom. The maximum atomic E-state index is 13.7. The van der Waals surface area contributed by atoms with Crippen LogP contribution in [0.5, 0.6) is 0 Å². The van der Waals surface area contributed by atoms with Crippen molar-refractivity contribution in [3.05, 3.63) is 39.2 Å². The summed E-state index contributed by atoms with van der Waals surface area (Å²) >= 11 is 0. The van der Waals surface area contributed by atoms with Crippen molar-refractivity contribution in [2.75, 3.05) is 31.6 Å². The number of pyridine rings is 1. The number of piperidine rings is 1. The molecule has 1 saturated carbocycles. The highest BCUT2D eigenvalue weighted by Gasteiger charge is 2.35. The number of carbonyl (C=O) groups excluding carboxylic acids is 1. The first-order valence-electron chi connectivity index (χ1n) is 13.3. The fourth-order valence-corrected chi connectivity index (χ4v) is 6.12. The van der Waals surface area contributed by atoms with Crippen molar-refractivity contribution in [3.63, 3.8) is 0 Å². The van der Waals surface area contributed by atoms with E-state index in [9.17, 15) is 19.5 Å². The summed E-state index contributed by atoms with van der Waals surface area (Å²) in [4.78, 5) is 40.6. The molecule has 0 bridgehead atoms. The summed E-state index contributed by atoms with van der Waals surface area (Å²) in [6.07, 6.45) is 5.13. The van der Waals surface area contributed by atoms with Crippen LogP contribution in [0, 0.1) is 18.8 Å². The van der Waals surface area contributed by atoms with Gasteiger partial charge in [0.2, 0.25) is 0 Å². The van der Waals surface area contributed by atoms with Gasteiger partial charge in [-0.3, -0.25) is 14.4 Å². The second-order valence-corrected chi connectivity index (χ2v) is 11.0. The van der Waals surface area contributed by atoms with E-state index >= 15 is 0 Å². The first-order chi connectivity index (χ1) is 17.3. The zero-order valence-electron chi connectivity index (χ0n) is 21.5. The number of aliphatic carboxylic acids is 1. The molecule has 5 rings (SSSR count). The lowest BCUT2D eigenvalue weighted by molar-refractivity contribution is -0.143. The molecule has 194 valence electrons. The van der Waals surface area contributed by atoms with E-state index in [1.54, 1.807) is 9.47 Å². The van der Waals surface area contributed by atoms with Gasteiger partial charge in [-0.1, -0.05) is 6.92 Å². The molecule has 1 amide bonds. The number of nitrogens with one attached hydrogen (secondary N) is 1. The predicted molar refractivity (Wildman–Crippen MR) is 139 cm³/mol. The molecule has 0 spiro atoms. The summed E-state index contributed by atoms with van der Waals surface area (Å²) in [6, 6.07) is 4.08. The second kappa shape index (κ2) is 9.88. The molecule has 2 unspecified atom stereocenters. The summed E-state index contributed by atoms with van der Waals surface area (Å²) in [5, 5.41) is 14.1. The lowest BCUT2D eigenvalue weighted by Gasteiger charge is -2.37. The molecule has 0 radical (unpaired) electrons. The molecule has 1 aromatic heterocycles. The van der Waals surface area contributed by atoms with Crippen LogP contribution in [0.15, 0.2) is 16.9 Å². The van der Waals surface area contributed by atoms with Crippen molar-refractivity contribution in [1.29, 1.82) is 0 Å². The van der Waals surface area contributed by atoms with Gasteiger partial charge in [-0.05, 0) is 75.0 Å². The number of carboxylic acids is 1. The number of carbonyl (C=O) groups is 2. The lowest BCUT2D eigenvalue weighted by Crippen LogP contribution is -2.42. The smallest absolute Gasteiger partial charge is 0.308 e. The molecule has 3 fully saturated rings. The molecule has 1 aromatic carbocycles. The maximum Gasteiger partial charge on any atom is 0.308 e. The van der Waals surface area contributed by atoms with Crippen molar-refractivity contribution in [2.45, 2.75) is 64.3 Å². The predicted octanol–water partition coefficient (Wildman–Crippen LogP) is 3.89. The van der Waals surface area contributed by atoms with Crippen molar-refractivity contribution < 1.29 is 19.4 Å². The van der Waals surface area contributed by atoms with E-state index < -0.39 is 11.9 Å². The molecule has 3 atom stereocenters. The van der Waals surface area contributed by atoms with E-state index in [0.717, 1.165) is 53.4 Å². The van der Waals surface area contributed by atoms with E-state index in [2.05, 4.69) is 12.2 Å². The molecule has 36 heavy (non-hydrogen) atoms. The Bertz CT molecular complexity index is 1250. The average molecular weight is 496 g/mol. The van der Waals surface area contributed by atoms with Gasteiger partial charge in [-0.2, -0.15) is 0 Å². The molecule has 2 N–H and O–H groups in total. The van der Waals surface area contributed by atoms with E-state index in [0.29, 0.717) is 44.1 Å². The number of rotatable bonds is 5. The monoisotopic (exact) mass is 495 g/mol. The quantitative estimate of drug-likeness (QED) is 0.653. The van der Waals surface area contributed by atoms with Crippen molar-refractivity contribution >= 4 is 28.5 Å². The molecule has 2 aromatic rings. The fraction of sp³-hybridized carbons (Fsp3) is 0.607. The number of fused-ring (bicyclic) bond motifs is 1. The first-order valence-corrected chi connectivity index (χ1v) is 13.3. The zero-order chi connectivity index (χ0) is 25.6. The van der Waals surface area contributed by atoms with Crippen LogP contribution in [0.25, 0.3) is 10.9 Å². The van der Waals surface area contributed by atoms with Crippen LogP contribution >= 0.6 is 0 Å². The molecule has 3 aliphatic rings. The van der Waals surface area contributed by atoms with Gasteiger partial charge in [-0.25, -0.2) is 0 Å². The van der Waals surface area contributed by atoms with Gasteiger partial charge < -0.3 is 24.6 Å². The number of benzene rings is 1. The van der Waals surface area contributed by atoms with Crippen molar-refractivity contribution in [2.24, 2.45) is 18.9 Å². The van der Waals surface area contributed by atoms with Gasteiger partial charge >= 0.3 is 5.97 Å². The number of amides is 1. The van der Waals surface area contributed by atoms with E-state index in [-0.39, 0.29) is 30.0 Å². The summed E-state index contributed by atoms with van der Waals surface area (Å²) < 4.78 is 7.29. The van der Waals surface area contributed by atoms with Crippen molar-refractivity contribution in [3.8, 4) is 0 Å².